The van der Waals surface area contributed by atoms with Crippen molar-refractivity contribution in [1.29, 1.82) is 0 Å². The smallest absolute Gasteiger partial charge is 0.137 e. The van der Waals surface area contributed by atoms with Crippen molar-refractivity contribution >= 4 is 21.6 Å². The Kier molecular flexibility index (Phi) is 3.62. The van der Waals surface area contributed by atoms with E-state index in [1.54, 1.807) is 6.07 Å². The normalized spacial score (nSPS) is 17.7. The van der Waals surface area contributed by atoms with Crippen LogP contribution in [0.5, 0.6) is 0 Å². The van der Waals surface area contributed by atoms with E-state index < -0.39 is 0 Å². The van der Waals surface area contributed by atoms with E-state index in [9.17, 15) is 4.39 Å². The summed E-state index contributed by atoms with van der Waals surface area (Å²) in [5.74, 6) is -0.204. The molecule has 0 aromatic heterocycles. The first-order valence-corrected chi connectivity index (χ1v) is 6.26. The molecule has 1 fully saturated rings. The summed E-state index contributed by atoms with van der Waals surface area (Å²) in [7, 11) is 0. The van der Waals surface area contributed by atoms with Gasteiger partial charge in [-0.3, -0.25) is 0 Å². The molecule has 3 heteroatoms. The largest absolute Gasteiger partial charge is 0.382 e. The molecule has 1 saturated carbocycles. The molecule has 0 atom stereocenters. The van der Waals surface area contributed by atoms with Crippen LogP contribution in [0.1, 0.15) is 32.1 Å². The average molecular weight is 272 g/mol. The van der Waals surface area contributed by atoms with Gasteiger partial charge in [0.05, 0.1) is 4.47 Å². The standard InChI is InChI=1S/C12H15BrFN/c13-11-8-10(6-7-12(11)14)15-9-4-2-1-3-5-9/h6-9,15H,1-5H2. The van der Waals surface area contributed by atoms with Gasteiger partial charge in [0.15, 0.2) is 0 Å². The summed E-state index contributed by atoms with van der Waals surface area (Å²) < 4.78 is 13.5. The first-order chi connectivity index (χ1) is 7.25. The lowest BCUT2D eigenvalue weighted by Gasteiger charge is -2.23. The first-order valence-electron chi connectivity index (χ1n) is 5.47. The van der Waals surface area contributed by atoms with Gasteiger partial charge >= 0.3 is 0 Å². The highest BCUT2D eigenvalue weighted by Crippen LogP contribution is 2.24. The minimum Gasteiger partial charge on any atom is -0.382 e. The number of benzene rings is 1. The van der Waals surface area contributed by atoms with Crippen LogP contribution in [-0.4, -0.2) is 6.04 Å². The second kappa shape index (κ2) is 4.97. The van der Waals surface area contributed by atoms with E-state index in [0.29, 0.717) is 10.5 Å². The minimum atomic E-state index is -0.204. The maximum absolute atomic E-state index is 13.0. The molecule has 1 aromatic rings. The van der Waals surface area contributed by atoms with Crippen molar-refractivity contribution in [2.75, 3.05) is 5.32 Å². The second-order valence-corrected chi connectivity index (χ2v) is 4.96. The maximum atomic E-state index is 13.0. The third-order valence-electron chi connectivity index (χ3n) is 2.90. The summed E-state index contributed by atoms with van der Waals surface area (Å²) in [4.78, 5) is 0. The molecule has 0 heterocycles. The number of hydrogen-bond donors (Lipinski definition) is 1. The molecule has 0 amide bonds. The molecule has 1 aliphatic rings. The molecule has 0 aliphatic heterocycles. The lowest BCUT2D eigenvalue weighted by atomic mass is 9.95. The molecule has 2 rings (SSSR count). The number of anilines is 1. The fraction of sp³-hybridized carbons (Fsp3) is 0.500. The Morgan fingerprint density at radius 2 is 1.93 bits per heavy atom. The summed E-state index contributed by atoms with van der Waals surface area (Å²) in [6.45, 7) is 0. The molecule has 1 aliphatic carbocycles. The van der Waals surface area contributed by atoms with Crippen LogP contribution < -0.4 is 5.32 Å². The topological polar surface area (TPSA) is 12.0 Å². The third kappa shape index (κ3) is 2.94. The third-order valence-corrected chi connectivity index (χ3v) is 3.50. The van der Waals surface area contributed by atoms with Crippen LogP contribution in [0.3, 0.4) is 0 Å². The van der Waals surface area contributed by atoms with E-state index in [4.69, 9.17) is 0 Å². The van der Waals surface area contributed by atoms with Crippen LogP contribution in [0, 0.1) is 5.82 Å². The Morgan fingerprint density at radius 3 is 2.60 bits per heavy atom. The molecule has 0 saturated heterocycles. The highest BCUT2D eigenvalue weighted by atomic mass is 79.9. The summed E-state index contributed by atoms with van der Waals surface area (Å²) in [6.07, 6.45) is 6.43. The summed E-state index contributed by atoms with van der Waals surface area (Å²) in [5.41, 5.74) is 1.01. The highest BCUT2D eigenvalue weighted by Gasteiger charge is 2.13. The fourth-order valence-electron chi connectivity index (χ4n) is 2.07. The van der Waals surface area contributed by atoms with Crippen molar-refractivity contribution in [3.8, 4) is 0 Å². The van der Waals surface area contributed by atoms with Gasteiger partial charge in [-0.05, 0) is 47.0 Å². The number of hydrogen-bond acceptors (Lipinski definition) is 1. The molecule has 1 nitrogen and oxygen atoms in total. The zero-order valence-corrected chi connectivity index (χ0v) is 10.2. The van der Waals surface area contributed by atoms with Gasteiger partial charge in [-0.2, -0.15) is 0 Å². The summed E-state index contributed by atoms with van der Waals surface area (Å²) in [6, 6.07) is 5.67. The molecule has 0 bridgehead atoms. The number of halogens is 2. The zero-order chi connectivity index (χ0) is 10.7. The lowest BCUT2D eigenvalue weighted by molar-refractivity contribution is 0.462. The molecule has 82 valence electrons. The van der Waals surface area contributed by atoms with Gasteiger partial charge in [0.25, 0.3) is 0 Å². The molecule has 1 aromatic carbocycles. The van der Waals surface area contributed by atoms with E-state index in [-0.39, 0.29) is 5.82 Å². The minimum absolute atomic E-state index is 0.204. The van der Waals surface area contributed by atoms with Crippen LogP contribution in [0.25, 0.3) is 0 Å². The fourth-order valence-corrected chi connectivity index (χ4v) is 2.45. The van der Waals surface area contributed by atoms with Gasteiger partial charge in [0, 0.05) is 11.7 Å². The molecule has 1 N–H and O–H groups in total. The Morgan fingerprint density at radius 1 is 1.20 bits per heavy atom. The average Bonchev–Trinajstić information content (AvgIpc) is 2.25. The lowest BCUT2D eigenvalue weighted by Crippen LogP contribution is -2.22. The SMILES string of the molecule is Fc1ccc(NC2CCCCC2)cc1Br. The van der Waals surface area contributed by atoms with E-state index in [1.165, 1.54) is 38.2 Å². The van der Waals surface area contributed by atoms with Crippen molar-refractivity contribution in [1.82, 2.24) is 0 Å². The monoisotopic (exact) mass is 271 g/mol. The Labute approximate surface area is 98.2 Å². The Hall–Kier alpha value is -0.570. The molecule has 0 unspecified atom stereocenters. The second-order valence-electron chi connectivity index (χ2n) is 4.11. The van der Waals surface area contributed by atoms with Crippen molar-refractivity contribution in [2.24, 2.45) is 0 Å². The van der Waals surface area contributed by atoms with Gasteiger partial charge in [-0.25, -0.2) is 4.39 Å². The van der Waals surface area contributed by atoms with Crippen LogP contribution in [0.4, 0.5) is 10.1 Å². The maximum Gasteiger partial charge on any atom is 0.137 e. The number of rotatable bonds is 2. The van der Waals surface area contributed by atoms with Crippen molar-refractivity contribution in [2.45, 2.75) is 38.1 Å². The van der Waals surface area contributed by atoms with E-state index >= 15 is 0 Å². The Bertz CT molecular complexity index is 334. The molecule has 0 radical (unpaired) electrons. The van der Waals surface area contributed by atoms with Crippen molar-refractivity contribution in [3.63, 3.8) is 0 Å². The van der Waals surface area contributed by atoms with Crippen LogP contribution in [0.15, 0.2) is 22.7 Å². The van der Waals surface area contributed by atoms with E-state index in [0.717, 1.165) is 5.69 Å². The predicted molar refractivity (Wildman–Crippen MR) is 64.6 cm³/mol. The van der Waals surface area contributed by atoms with E-state index in [2.05, 4.69) is 21.2 Å². The van der Waals surface area contributed by atoms with Gasteiger partial charge in [-0.15, -0.1) is 0 Å². The van der Waals surface area contributed by atoms with E-state index in [1.807, 2.05) is 6.07 Å². The Balaban J connectivity index is 2.00. The van der Waals surface area contributed by atoms with Gasteiger partial charge in [0.1, 0.15) is 5.82 Å². The van der Waals surface area contributed by atoms with Gasteiger partial charge < -0.3 is 5.32 Å². The van der Waals surface area contributed by atoms with Crippen LogP contribution >= 0.6 is 15.9 Å². The molecular weight excluding hydrogens is 257 g/mol. The van der Waals surface area contributed by atoms with Crippen LogP contribution in [-0.2, 0) is 0 Å². The highest BCUT2D eigenvalue weighted by molar-refractivity contribution is 9.10. The van der Waals surface area contributed by atoms with Crippen molar-refractivity contribution < 1.29 is 4.39 Å². The quantitative estimate of drug-likeness (QED) is 0.844. The first kappa shape index (κ1) is 10.9. The predicted octanol–water partition coefficient (Wildman–Crippen LogP) is 4.33. The molecule has 0 spiro atoms. The molecular formula is C12H15BrFN. The van der Waals surface area contributed by atoms with Gasteiger partial charge in [0.2, 0.25) is 0 Å². The zero-order valence-electron chi connectivity index (χ0n) is 8.60. The molecule has 15 heavy (non-hydrogen) atoms. The summed E-state index contributed by atoms with van der Waals surface area (Å²) in [5, 5.41) is 3.45. The van der Waals surface area contributed by atoms with Crippen molar-refractivity contribution in [3.05, 3.63) is 28.5 Å². The van der Waals surface area contributed by atoms with Gasteiger partial charge in [-0.1, -0.05) is 19.3 Å². The summed E-state index contributed by atoms with van der Waals surface area (Å²) >= 11 is 3.20. The number of nitrogens with one attached hydrogen (secondary N) is 1. The van der Waals surface area contributed by atoms with Crippen LogP contribution in [0.2, 0.25) is 0 Å².